The van der Waals surface area contributed by atoms with Gasteiger partial charge in [0.15, 0.2) is 5.78 Å². The van der Waals surface area contributed by atoms with E-state index in [-0.39, 0.29) is 23.5 Å². The van der Waals surface area contributed by atoms with E-state index in [1.54, 1.807) is 24.3 Å². The zero-order valence-electron chi connectivity index (χ0n) is 10.3. The normalized spacial score (nSPS) is 10.2. The lowest BCUT2D eigenvalue weighted by atomic mass is 10.00. The minimum atomic E-state index is -1.07. The number of ketones is 1. The number of rotatable bonds is 4. The Kier molecular flexibility index (Phi) is 4.05. The van der Waals surface area contributed by atoms with Gasteiger partial charge in [0.2, 0.25) is 0 Å². The Labute approximate surface area is 120 Å². The highest BCUT2D eigenvalue weighted by Crippen LogP contribution is 2.21. The molecule has 2 N–H and O–H groups in total. The highest BCUT2D eigenvalue weighted by Gasteiger charge is 2.13. The highest BCUT2D eigenvalue weighted by molar-refractivity contribution is 6.30. The number of aromatic hydroxyl groups is 1. The fourth-order valence-corrected chi connectivity index (χ4v) is 1.93. The van der Waals surface area contributed by atoms with Crippen molar-refractivity contribution in [3.05, 3.63) is 64.2 Å². The van der Waals surface area contributed by atoms with Crippen LogP contribution in [-0.4, -0.2) is 22.0 Å². The molecule has 2 rings (SSSR count). The van der Waals surface area contributed by atoms with Crippen LogP contribution in [0.3, 0.4) is 0 Å². The van der Waals surface area contributed by atoms with E-state index >= 15 is 0 Å². The molecule has 0 heterocycles. The third-order valence-corrected chi connectivity index (χ3v) is 3.04. The second kappa shape index (κ2) is 5.75. The molecule has 0 saturated heterocycles. The summed E-state index contributed by atoms with van der Waals surface area (Å²) < 4.78 is 0. The maximum absolute atomic E-state index is 12.2. The number of carbonyl (C=O) groups excluding carboxylic acids is 1. The van der Waals surface area contributed by atoms with Gasteiger partial charge in [-0.1, -0.05) is 11.6 Å². The lowest BCUT2D eigenvalue weighted by Crippen LogP contribution is -2.05. The van der Waals surface area contributed by atoms with Gasteiger partial charge in [-0.3, -0.25) is 9.59 Å². The molecular formula is C15H11ClO4. The molecule has 4 nitrogen and oxygen atoms in total. The molecule has 0 radical (unpaired) electrons. The van der Waals surface area contributed by atoms with E-state index in [1.807, 2.05) is 0 Å². The molecule has 5 heteroatoms. The summed E-state index contributed by atoms with van der Waals surface area (Å²) in [4.78, 5) is 22.9. The maximum atomic E-state index is 12.2. The molecule has 2 aromatic rings. The molecule has 2 aromatic carbocycles. The van der Waals surface area contributed by atoms with Crippen LogP contribution in [0.25, 0.3) is 0 Å². The second-order valence-corrected chi connectivity index (χ2v) is 4.69. The molecule has 0 atom stereocenters. The fourth-order valence-electron chi connectivity index (χ4n) is 1.80. The van der Waals surface area contributed by atoms with Crippen LogP contribution >= 0.6 is 11.6 Å². The Hall–Kier alpha value is -2.33. The first-order valence-corrected chi connectivity index (χ1v) is 6.19. The van der Waals surface area contributed by atoms with Crippen LogP contribution in [0, 0.1) is 0 Å². The largest absolute Gasteiger partial charge is 0.508 e. The first-order valence-electron chi connectivity index (χ1n) is 5.81. The van der Waals surface area contributed by atoms with Gasteiger partial charge in [-0.05, 0) is 42.5 Å². The zero-order valence-corrected chi connectivity index (χ0v) is 11.1. The second-order valence-electron chi connectivity index (χ2n) is 4.25. The van der Waals surface area contributed by atoms with E-state index < -0.39 is 5.97 Å². The predicted molar refractivity (Wildman–Crippen MR) is 74.3 cm³/mol. The molecule has 0 spiro atoms. The van der Waals surface area contributed by atoms with Crippen LogP contribution in [0.2, 0.25) is 5.02 Å². The Morgan fingerprint density at radius 3 is 2.20 bits per heavy atom. The minimum Gasteiger partial charge on any atom is -0.508 e. The van der Waals surface area contributed by atoms with Gasteiger partial charge < -0.3 is 10.2 Å². The van der Waals surface area contributed by atoms with Crippen molar-refractivity contribution in [1.29, 1.82) is 0 Å². The van der Waals surface area contributed by atoms with Crippen molar-refractivity contribution in [2.45, 2.75) is 6.42 Å². The summed E-state index contributed by atoms with van der Waals surface area (Å²) >= 11 is 5.76. The topological polar surface area (TPSA) is 74.6 Å². The van der Waals surface area contributed by atoms with Gasteiger partial charge in [0.1, 0.15) is 5.75 Å². The van der Waals surface area contributed by atoms with E-state index in [9.17, 15) is 14.7 Å². The number of phenols is 1. The lowest BCUT2D eigenvalue weighted by Gasteiger charge is -2.06. The molecule has 102 valence electrons. The fraction of sp³-hybridized carbons (Fsp3) is 0.0667. The van der Waals surface area contributed by atoms with E-state index in [2.05, 4.69) is 0 Å². The van der Waals surface area contributed by atoms with Crippen molar-refractivity contribution >= 4 is 23.4 Å². The van der Waals surface area contributed by atoms with E-state index in [1.165, 1.54) is 18.2 Å². The summed E-state index contributed by atoms with van der Waals surface area (Å²) in [6, 6.07) is 10.6. The maximum Gasteiger partial charge on any atom is 0.307 e. The van der Waals surface area contributed by atoms with Gasteiger partial charge in [-0.25, -0.2) is 0 Å². The van der Waals surface area contributed by atoms with Gasteiger partial charge in [0.05, 0.1) is 6.42 Å². The number of carboxylic acids is 1. The Balaban J connectivity index is 2.35. The molecule has 0 aliphatic rings. The molecule has 20 heavy (non-hydrogen) atoms. The number of benzene rings is 2. The Morgan fingerprint density at radius 1 is 1.00 bits per heavy atom. The first kappa shape index (κ1) is 14.1. The van der Waals surface area contributed by atoms with Gasteiger partial charge >= 0.3 is 5.97 Å². The van der Waals surface area contributed by atoms with Crippen molar-refractivity contribution in [3.63, 3.8) is 0 Å². The Morgan fingerprint density at radius 2 is 1.60 bits per heavy atom. The molecule has 0 unspecified atom stereocenters. The molecule has 0 aromatic heterocycles. The summed E-state index contributed by atoms with van der Waals surface area (Å²) in [6.45, 7) is 0. The monoisotopic (exact) mass is 290 g/mol. The van der Waals surface area contributed by atoms with Crippen molar-refractivity contribution in [1.82, 2.24) is 0 Å². The van der Waals surface area contributed by atoms with Gasteiger partial charge in [-0.2, -0.15) is 0 Å². The molecule has 0 aliphatic carbocycles. The average Bonchev–Trinajstić information content (AvgIpc) is 2.41. The average molecular weight is 291 g/mol. The number of carboxylic acid groups (broad SMARTS) is 1. The number of phenolic OH excluding ortho intramolecular Hbond substituents is 1. The quantitative estimate of drug-likeness (QED) is 0.849. The summed E-state index contributed by atoms with van der Waals surface area (Å²) in [7, 11) is 0. The molecule has 0 bridgehead atoms. The Bertz CT molecular complexity index is 662. The zero-order chi connectivity index (χ0) is 14.7. The number of hydrogen-bond acceptors (Lipinski definition) is 3. The number of hydrogen-bond donors (Lipinski definition) is 2. The SMILES string of the molecule is O=C(O)Cc1cc(C(=O)c2ccc(Cl)cc2)ccc1O. The number of aliphatic carboxylic acids is 1. The van der Waals surface area contributed by atoms with Gasteiger partial charge in [0.25, 0.3) is 0 Å². The van der Waals surface area contributed by atoms with Crippen LogP contribution < -0.4 is 0 Å². The van der Waals surface area contributed by atoms with Crippen molar-refractivity contribution in [2.24, 2.45) is 0 Å². The first-order chi connectivity index (χ1) is 9.47. The van der Waals surface area contributed by atoms with E-state index in [4.69, 9.17) is 16.7 Å². The molecule has 0 saturated carbocycles. The molecule has 0 amide bonds. The van der Waals surface area contributed by atoms with Gasteiger partial charge in [0, 0.05) is 21.7 Å². The lowest BCUT2D eigenvalue weighted by molar-refractivity contribution is -0.136. The smallest absolute Gasteiger partial charge is 0.307 e. The summed E-state index contributed by atoms with van der Waals surface area (Å²) in [5, 5.41) is 18.9. The number of carbonyl (C=O) groups is 2. The summed E-state index contributed by atoms with van der Waals surface area (Å²) in [5.41, 5.74) is 0.972. The predicted octanol–water partition coefficient (Wildman–Crippen LogP) is 2.90. The molecule has 0 fully saturated rings. The number of halogens is 1. The van der Waals surface area contributed by atoms with Crippen LogP contribution in [-0.2, 0) is 11.2 Å². The van der Waals surface area contributed by atoms with Crippen molar-refractivity contribution < 1.29 is 19.8 Å². The van der Waals surface area contributed by atoms with E-state index in [0.29, 0.717) is 16.1 Å². The van der Waals surface area contributed by atoms with Crippen LogP contribution in [0.1, 0.15) is 21.5 Å². The summed E-state index contributed by atoms with van der Waals surface area (Å²) in [5.74, 6) is -1.47. The van der Waals surface area contributed by atoms with Crippen LogP contribution in [0.5, 0.6) is 5.75 Å². The highest BCUT2D eigenvalue weighted by atomic mass is 35.5. The molecule has 0 aliphatic heterocycles. The van der Waals surface area contributed by atoms with Crippen LogP contribution in [0.4, 0.5) is 0 Å². The van der Waals surface area contributed by atoms with Crippen LogP contribution in [0.15, 0.2) is 42.5 Å². The minimum absolute atomic E-state index is 0.139. The molecular weight excluding hydrogens is 280 g/mol. The van der Waals surface area contributed by atoms with Crippen molar-refractivity contribution in [3.8, 4) is 5.75 Å². The third-order valence-electron chi connectivity index (χ3n) is 2.79. The van der Waals surface area contributed by atoms with Crippen molar-refractivity contribution in [2.75, 3.05) is 0 Å². The third kappa shape index (κ3) is 3.16. The standard InChI is InChI=1S/C15H11ClO4/c16-12-4-1-9(2-5-12)15(20)10-3-6-13(17)11(7-10)8-14(18)19/h1-7,17H,8H2,(H,18,19). The van der Waals surface area contributed by atoms with E-state index in [0.717, 1.165) is 0 Å². The summed E-state index contributed by atoms with van der Waals surface area (Å²) in [6.07, 6.45) is -0.340. The van der Waals surface area contributed by atoms with Gasteiger partial charge in [-0.15, -0.1) is 0 Å².